The Bertz CT molecular complexity index is 678. The Labute approximate surface area is 125 Å². The first kappa shape index (κ1) is 15.1. The lowest BCUT2D eigenvalue weighted by atomic mass is 9.86. The molecular formula is C18H19FN2. The maximum atomic E-state index is 13.8. The Balaban J connectivity index is 2.24. The first-order valence-corrected chi connectivity index (χ1v) is 6.94. The van der Waals surface area contributed by atoms with Crippen LogP contribution in [-0.2, 0) is 12.0 Å². The Morgan fingerprint density at radius 3 is 2.52 bits per heavy atom. The largest absolute Gasteiger partial charge is 0.381 e. The fraction of sp³-hybridized carbons (Fsp3) is 0.278. The molecule has 2 rings (SSSR count). The average Bonchev–Trinajstić information content (AvgIpc) is 2.46. The van der Waals surface area contributed by atoms with Gasteiger partial charge in [-0.15, -0.1) is 0 Å². The van der Waals surface area contributed by atoms with Crippen molar-refractivity contribution in [2.75, 3.05) is 5.32 Å². The van der Waals surface area contributed by atoms with E-state index < -0.39 is 0 Å². The highest BCUT2D eigenvalue weighted by molar-refractivity contribution is 5.54. The lowest BCUT2D eigenvalue weighted by molar-refractivity contribution is 0.591. The summed E-state index contributed by atoms with van der Waals surface area (Å²) >= 11 is 0. The molecule has 0 fully saturated rings. The van der Waals surface area contributed by atoms with E-state index in [-0.39, 0.29) is 11.2 Å². The minimum atomic E-state index is -0.297. The van der Waals surface area contributed by atoms with Gasteiger partial charge in [0.05, 0.1) is 11.6 Å². The normalized spacial score (nSPS) is 11.0. The molecule has 3 heteroatoms. The lowest BCUT2D eigenvalue weighted by Crippen LogP contribution is -2.15. The molecule has 0 radical (unpaired) electrons. The van der Waals surface area contributed by atoms with Crippen LogP contribution in [0, 0.1) is 17.1 Å². The molecule has 1 N–H and O–H groups in total. The van der Waals surface area contributed by atoms with Crippen LogP contribution >= 0.6 is 0 Å². The average molecular weight is 282 g/mol. The maximum absolute atomic E-state index is 13.8. The van der Waals surface area contributed by atoms with Gasteiger partial charge in [-0.25, -0.2) is 4.39 Å². The Morgan fingerprint density at radius 1 is 1.14 bits per heavy atom. The summed E-state index contributed by atoms with van der Waals surface area (Å²) in [6.07, 6.45) is 0. The lowest BCUT2D eigenvalue weighted by Gasteiger charge is -2.23. The van der Waals surface area contributed by atoms with Crippen LogP contribution in [0.25, 0.3) is 0 Å². The minimum Gasteiger partial charge on any atom is -0.381 e. The van der Waals surface area contributed by atoms with Crippen LogP contribution in [0.3, 0.4) is 0 Å². The van der Waals surface area contributed by atoms with Crippen LogP contribution in [0.2, 0.25) is 0 Å². The van der Waals surface area contributed by atoms with E-state index in [1.807, 2.05) is 24.3 Å². The van der Waals surface area contributed by atoms with Gasteiger partial charge in [0.2, 0.25) is 0 Å². The van der Waals surface area contributed by atoms with Crippen LogP contribution in [0.1, 0.15) is 37.5 Å². The topological polar surface area (TPSA) is 35.8 Å². The Kier molecular flexibility index (Phi) is 4.28. The quantitative estimate of drug-likeness (QED) is 0.892. The number of nitrogens with one attached hydrogen (secondary N) is 1. The monoisotopic (exact) mass is 282 g/mol. The molecule has 2 aromatic rings. The smallest absolute Gasteiger partial charge is 0.128 e. The first-order valence-electron chi connectivity index (χ1n) is 6.94. The molecular weight excluding hydrogens is 263 g/mol. The second-order valence-corrected chi connectivity index (χ2v) is 6.07. The summed E-state index contributed by atoms with van der Waals surface area (Å²) in [5.74, 6) is -0.297. The van der Waals surface area contributed by atoms with E-state index in [9.17, 15) is 4.39 Å². The second kappa shape index (κ2) is 5.97. The van der Waals surface area contributed by atoms with E-state index in [1.54, 1.807) is 6.07 Å². The molecule has 21 heavy (non-hydrogen) atoms. The van der Waals surface area contributed by atoms with Gasteiger partial charge in [0.1, 0.15) is 5.82 Å². The summed E-state index contributed by atoms with van der Waals surface area (Å²) < 4.78 is 13.8. The van der Waals surface area contributed by atoms with Gasteiger partial charge in [-0.05, 0) is 35.2 Å². The number of halogens is 1. The third-order valence-electron chi connectivity index (χ3n) is 3.38. The fourth-order valence-electron chi connectivity index (χ4n) is 2.26. The molecule has 108 valence electrons. The van der Waals surface area contributed by atoms with Crippen molar-refractivity contribution in [1.82, 2.24) is 0 Å². The summed E-state index contributed by atoms with van der Waals surface area (Å²) in [7, 11) is 0. The van der Waals surface area contributed by atoms with Gasteiger partial charge < -0.3 is 5.32 Å². The molecule has 0 saturated carbocycles. The summed E-state index contributed by atoms with van der Waals surface area (Å²) in [6, 6.07) is 14.5. The molecule has 0 spiro atoms. The van der Waals surface area contributed by atoms with Crippen molar-refractivity contribution < 1.29 is 4.39 Å². The van der Waals surface area contributed by atoms with Crippen molar-refractivity contribution in [3.63, 3.8) is 0 Å². The molecule has 0 unspecified atom stereocenters. The van der Waals surface area contributed by atoms with Crippen LogP contribution in [0.5, 0.6) is 0 Å². The predicted octanol–water partition coefficient (Wildman–Crippen LogP) is 4.61. The predicted molar refractivity (Wildman–Crippen MR) is 83.6 cm³/mol. The van der Waals surface area contributed by atoms with Crippen molar-refractivity contribution in [3.8, 4) is 6.07 Å². The number of hydrogen-bond acceptors (Lipinski definition) is 2. The number of benzene rings is 2. The van der Waals surface area contributed by atoms with E-state index in [0.29, 0.717) is 17.7 Å². The van der Waals surface area contributed by atoms with Crippen molar-refractivity contribution >= 4 is 5.69 Å². The molecule has 2 aromatic carbocycles. The van der Waals surface area contributed by atoms with E-state index in [1.165, 1.54) is 17.7 Å². The Morgan fingerprint density at radius 2 is 1.86 bits per heavy atom. The molecule has 0 aliphatic heterocycles. The number of rotatable bonds is 3. The van der Waals surface area contributed by atoms with Gasteiger partial charge in [0, 0.05) is 17.8 Å². The zero-order valence-electron chi connectivity index (χ0n) is 12.6. The highest BCUT2D eigenvalue weighted by atomic mass is 19.1. The van der Waals surface area contributed by atoms with Crippen LogP contribution in [0.15, 0.2) is 42.5 Å². The SMILES string of the molecule is CC(C)(C)c1ccccc1NCc1cc(C#N)ccc1F. The third kappa shape index (κ3) is 3.61. The van der Waals surface area contributed by atoms with Crippen molar-refractivity contribution in [2.24, 2.45) is 0 Å². The maximum Gasteiger partial charge on any atom is 0.128 e. The minimum absolute atomic E-state index is 0.0106. The molecule has 0 saturated heterocycles. The van der Waals surface area contributed by atoms with Gasteiger partial charge in [0.25, 0.3) is 0 Å². The number of nitrogens with zero attached hydrogens (tertiary/aromatic N) is 1. The number of nitriles is 1. The van der Waals surface area contributed by atoms with Crippen LogP contribution < -0.4 is 5.32 Å². The molecule has 2 nitrogen and oxygen atoms in total. The summed E-state index contributed by atoms with van der Waals surface area (Å²) in [5.41, 5.74) is 3.15. The Hall–Kier alpha value is -2.34. The van der Waals surface area contributed by atoms with E-state index in [2.05, 4.69) is 32.2 Å². The molecule has 0 aromatic heterocycles. The van der Waals surface area contributed by atoms with E-state index in [0.717, 1.165) is 5.69 Å². The molecule has 0 aliphatic rings. The van der Waals surface area contributed by atoms with Crippen LogP contribution in [-0.4, -0.2) is 0 Å². The standard InChI is InChI=1S/C18H19FN2/c1-18(2,3)15-6-4-5-7-17(15)21-12-14-10-13(11-20)8-9-16(14)19/h4-10,21H,12H2,1-3H3. The van der Waals surface area contributed by atoms with Gasteiger partial charge in [-0.2, -0.15) is 5.26 Å². The highest BCUT2D eigenvalue weighted by Gasteiger charge is 2.17. The van der Waals surface area contributed by atoms with Gasteiger partial charge in [-0.1, -0.05) is 39.0 Å². The van der Waals surface area contributed by atoms with Gasteiger partial charge in [-0.3, -0.25) is 0 Å². The summed E-state index contributed by atoms with van der Waals surface area (Å²) in [4.78, 5) is 0. The fourth-order valence-corrected chi connectivity index (χ4v) is 2.26. The number of anilines is 1. The molecule has 0 heterocycles. The summed E-state index contributed by atoms with van der Waals surface area (Å²) in [5, 5.41) is 12.2. The van der Waals surface area contributed by atoms with Gasteiger partial charge >= 0.3 is 0 Å². The number of hydrogen-bond donors (Lipinski definition) is 1. The zero-order chi connectivity index (χ0) is 15.5. The van der Waals surface area contributed by atoms with E-state index >= 15 is 0 Å². The van der Waals surface area contributed by atoms with Crippen LogP contribution in [0.4, 0.5) is 10.1 Å². The summed E-state index contributed by atoms with van der Waals surface area (Å²) in [6.45, 7) is 6.79. The van der Waals surface area contributed by atoms with Crippen molar-refractivity contribution in [2.45, 2.75) is 32.7 Å². The molecule has 0 aliphatic carbocycles. The molecule has 0 atom stereocenters. The molecule has 0 amide bonds. The zero-order valence-corrected chi connectivity index (χ0v) is 12.6. The van der Waals surface area contributed by atoms with E-state index in [4.69, 9.17) is 5.26 Å². The van der Waals surface area contributed by atoms with Crippen molar-refractivity contribution in [1.29, 1.82) is 5.26 Å². The number of para-hydroxylation sites is 1. The molecule has 0 bridgehead atoms. The second-order valence-electron chi connectivity index (χ2n) is 6.07. The first-order chi connectivity index (χ1) is 9.91. The third-order valence-corrected chi connectivity index (χ3v) is 3.38. The van der Waals surface area contributed by atoms with Crippen molar-refractivity contribution in [3.05, 3.63) is 65.0 Å². The highest BCUT2D eigenvalue weighted by Crippen LogP contribution is 2.29. The van der Waals surface area contributed by atoms with Gasteiger partial charge in [0.15, 0.2) is 0 Å².